The van der Waals surface area contributed by atoms with E-state index >= 15 is 0 Å². The molecule has 4 amide bonds. The summed E-state index contributed by atoms with van der Waals surface area (Å²) in [5.74, 6) is -2.35. The third-order valence-electron chi connectivity index (χ3n) is 6.52. The van der Waals surface area contributed by atoms with E-state index in [0.29, 0.717) is 48.1 Å². The number of thiazole rings is 1. The second-order valence-electron chi connectivity index (χ2n) is 9.48. The molecule has 2 aliphatic rings. The van der Waals surface area contributed by atoms with Gasteiger partial charge >= 0.3 is 11.8 Å². The molecule has 0 saturated heterocycles. The third-order valence-corrected chi connectivity index (χ3v) is 7.85. The predicted molar refractivity (Wildman–Crippen MR) is 148 cm³/mol. The molecule has 10 nitrogen and oxygen atoms in total. The average molecular weight is 584 g/mol. The fraction of sp³-hybridized carbons (Fsp3) is 0.480. The van der Waals surface area contributed by atoms with Gasteiger partial charge in [-0.25, -0.2) is 4.98 Å². The summed E-state index contributed by atoms with van der Waals surface area (Å²) in [4.78, 5) is 58.6. The zero-order valence-electron chi connectivity index (χ0n) is 21.2. The van der Waals surface area contributed by atoms with Crippen molar-refractivity contribution in [3.8, 4) is 0 Å². The van der Waals surface area contributed by atoms with Gasteiger partial charge in [-0.15, -0.1) is 23.7 Å². The number of carbonyl (C=O) groups is 4. The van der Waals surface area contributed by atoms with Crippen molar-refractivity contribution in [2.45, 2.75) is 57.8 Å². The molecule has 2 aromatic rings. The summed E-state index contributed by atoms with van der Waals surface area (Å²) in [5, 5.41) is 12.1. The van der Waals surface area contributed by atoms with E-state index in [1.807, 2.05) is 14.0 Å². The molecule has 3 atom stereocenters. The van der Waals surface area contributed by atoms with Crippen molar-refractivity contribution in [1.29, 1.82) is 0 Å². The summed E-state index contributed by atoms with van der Waals surface area (Å²) in [5.41, 5.74) is 1.34. The van der Waals surface area contributed by atoms with Crippen LogP contribution in [0.25, 0.3) is 0 Å². The molecule has 1 aromatic heterocycles. The highest BCUT2D eigenvalue weighted by Crippen LogP contribution is 2.29. The molecule has 2 heterocycles. The number of benzene rings is 1. The van der Waals surface area contributed by atoms with E-state index < -0.39 is 23.9 Å². The molecule has 1 aliphatic heterocycles. The van der Waals surface area contributed by atoms with Crippen molar-refractivity contribution in [3.05, 3.63) is 44.9 Å². The van der Waals surface area contributed by atoms with E-state index in [1.54, 1.807) is 24.3 Å². The Morgan fingerprint density at radius 2 is 1.79 bits per heavy atom. The van der Waals surface area contributed by atoms with Gasteiger partial charge in [-0.2, -0.15) is 0 Å². The minimum absolute atomic E-state index is 0. The largest absolute Gasteiger partial charge is 0.356 e. The topological polar surface area (TPSA) is 133 Å². The first-order chi connectivity index (χ1) is 17.7. The molecule has 1 aliphatic carbocycles. The Labute approximate surface area is 236 Å². The van der Waals surface area contributed by atoms with Gasteiger partial charge in [0.2, 0.25) is 5.91 Å². The number of halogens is 2. The molecular formula is C25H32Cl2N6O4S. The normalized spacial score (nSPS) is 20.6. The SMILES string of the molecule is CCCNC(=O)[C@H]1CC[C@H](NC(=O)C(=O)Nc2ccc(Cl)cc2)[C@H](NC(=O)c2nc3c(s2)CN(C)C3)C1.Cl. The lowest BCUT2D eigenvalue weighted by atomic mass is 9.81. The van der Waals surface area contributed by atoms with Gasteiger partial charge in [-0.1, -0.05) is 18.5 Å². The number of aromatic nitrogens is 1. The number of rotatable bonds is 7. The number of nitrogens with zero attached hydrogens (tertiary/aromatic N) is 2. The van der Waals surface area contributed by atoms with Gasteiger partial charge in [-0.05, 0) is 57.0 Å². The molecule has 4 N–H and O–H groups in total. The second kappa shape index (κ2) is 13.4. The predicted octanol–water partition coefficient (Wildman–Crippen LogP) is 2.71. The number of hydrogen-bond acceptors (Lipinski definition) is 7. The Balaban J connectivity index is 0.00000400. The fourth-order valence-electron chi connectivity index (χ4n) is 4.60. The van der Waals surface area contributed by atoms with E-state index in [-0.39, 0.29) is 30.1 Å². The molecule has 1 aromatic carbocycles. The lowest BCUT2D eigenvalue weighted by molar-refractivity contribution is -0.137. The summed E-state index contributed by atoms with van der Waals surface area (Å²) in [7, 11) is 2.00. The number of anilines is 1. The van der Waals surface area contributed by atoms with Crippen molar-refractivity contribution >= 4 is 64.7 Å². The number of amides is 4. The number of nitrogens with one attached hydrogen (secondary N) is 4. The van der Waals surface area contributed by atoms with Gasteiger partial charge in [0, 0.05) is 47.2 Å². The summed E-state index contributed by atoms with van der Waals surface area (Å²) in [6.45, 7) is 4.01. The van der Waals surface area contributed by atoms with Crippen LogP contribution in [0.2, 0.25) is 5.02 Å². The molecule has 38 heavy (non-hydrogen) atoms. The minimum atomic E-state index is -0.823. The van der Waals surface area contributed by atoms with E-state index in [0.717, 1.165) is 23.5 Å². The molecular weight excluding hydrogens is 551 g/mol. The number of hydrogen-bond donors (Lipinski definition) is 4. The van der Waals surface area contributed by atoms with Crippen LogP contribution in [0.15, 0.2) is 24.3 Å². The Bertz CT molecular complexity index is 1150. The van der Waals surface area contributed by atoms with Gasteiger partial charge in [0.25, 0.3) is 5.91 Å². The van der Waals surface area contributed by atoms with Crippen LogP contribution in [0.1, 0.15) is 53.0 Å². The fourth-order valence-corrected chi connectivity index (χ4v) is 5.78. The Hall–Kier alpha value is -2.73. The van der Waals surface area contributed by atoms with E-state index in [2.05, 4.69) is 31.2 Å². The molecule has 0 unspecified atom stereocenters. The van der Waals surface area contributed by atoms with Crippen molar-refractivity contribution in [3.63, 3.8) is 0 Å². The van der Waals surface area contributed by atoms with Gasteiger partial charge in [0.05, 0.1) is 11.7 Å². The lowest BCUT2D eigenvalue weighted by Gasteiger charge is -2.36. The Morgan fingerprint density at radius 3 is 2.47 bits per heavy atom. The van der Waals surface area contributed by atoms with Crippen molar-refractivity contribution in [2.24, 2.45) is 5.92 Å². The molecule has 1 saturated carbocycles. The first-order valence-corrected chi connectivity index (χ1v) is 13.6. The van der Waals surface area contributed by atoms with E-state index in [9.17, 15) is 19.2 Å². The minimum Gasteiger partial charge on any atom is -0.356 e. The highest BCUT2D eigenvalue weighted by atomic mass is 35.5. The number of fused-ring (bicyclic) bond motifs is 1. The van der Waals surface area contributed by atoms with Crippen LogP contribution in [0.5, 0.6) is 0 Å². The first-order valence-electron chi connectivity index (χ1n) is 12.4. The van der Waals surface area contributed by atoms with E-state index in [1.165, 1.54) is 11.3 Å². The van der Waals surface area contributed by atoms with Crippen molar-refractivity contribution in [2.75, 3.05) is 18.9 Å². The first kappa shape index (κ1) is 29.8. The van der Waals surface area contributed by atoms with Gasteiger partial charge in [0.1, 0.15) is 0 Å². The quantitative estimate of drug-likeness (QED) is 0.371. The lowest BCUT2D eigenvalue weighted by Crippen LogP contribution is -2.57. The van der Waals surface area contributed by atoms with Crippen LogP contribution in [-0.4, -0.2) is 59.2 Å². The van der Waals surface area contributed by atoms with Gasteiger partial charge < -0.3 is 21.3 Å². The van der Waals surface area contributed by atoms with Crippen LogP contribution in [-0.2, 0) is 27.5 Å². The molecule has 13 heteroatoms. The van der Waals surface area contributed by atoms with Gasteiger partial charge in [0.15, 0.2) is 5.01 Å². The third kappa shape index (κ3) is 7.43. The molecule has 0 radical (unpaired) electrons. The zero-order valence-corrected chi connectivity index (χ0v) is 23.6. The van der Waals surface area contributed by atoms with Crippen molar-refractivity contribution < 1.29 is 19.2 Å². The maximum absolute atomic E-state index is 13.1. The van der Waals surface area contributed by atoms with Crippen LogP contribution >= 0.6 is 35.3 Å². The smallest absolute Gasteiger partial charge is 0.313 e. The summed E-state index contributed by atoms with van der Waals surface area (Å²) >= 11 is 7.23. The summed E-state index contributed by atoms with van der Waals surface area (Å²) < 4.78 is 0. The molecule has 206 valence electrons. The molecule has 4 rings (SSSR count). The average Bonchev–Trinajstić information content (AvgIpc) is 3.42. The van der Waals surface area contributed by atoms with Crippen LogP contribution in [0.3, 0.4) is 0 Å². The molecule has 0 spiro atoms. The Morgan fingerprint density at radius 1 is 1.05 bits per heavy atom. The Kier molecular flexibility index (Phi) is 10.5. The highest BCUT2D eigenvalue weighted by molar-refractivity contribution is 7.13. The van der Waals surface area contributed by atoms with Crippen molar-refractivity contribution in [1.82, 2.24) is 25.8 Å². The molecule has 0 bridgehead atoms. The summed E-state index contributed by atoms with van der Waals surface area (Å²) in [6, 6.07) is 5.36. The van der Waals surface area contributed by atoms with Crippen LogP contribution < -0.4 is 21.3 Å². The van der Waals surface area contributed by atoms with Gasteiger partial charge in [-0.3, -0.25) is 24.1 Å². The summed E-state index contributed by atoms with van der Waals surface area (Å²) in [6.07, 6.45) is 2.14. The molecule has 1 fully saturated rings. The van der Waals surface area contributed by atoms with E-state index in [4.69, 9.17) is 11.6 Å². The van der Waals surface area contributed by atoms with Crippen LogP contribution in [0.4, 0.5) is 5.69 Å². The zero-order chi connectivity index (χ0) is 26.5. The maximum Gasteiger partial charge on any atom is 0.313 e. The highest BCUT2D eigenvalue weighted by Gasteiger charge is 2.37. The monoisotopic (exact) mass is 582 g/mol. The van der Waals surface area contributed by atoms with Crippen LogP contribution in [0, 0.1) is 5.92 Å². The number of carbonyl (C=O) groups excluding carboxylic acids is 4. The second-order valence-corrected chi connectivity index (χ2v) is 11.0. The standard InChI is InChI=1S/C25H31ClN6O4S.ClH/c1-3-10-27-21(33)14-4-9-17(29-23(35)22(34)28-16-7-5-15(26)6-8-16)18(11-14)30-24(36)25-31-19-12-32(2)13-20(19)37-25;/h5-8,14,17-18H,3-4,9-13H2,1-2H3,(H,27,33)(H,28,34)(H,29,35)(H,30,36);1H/t14-,17-,18+;/m0./s1. The maximum atomic E-state index is 13.1.